The summed E-state index contributed by atoms with van der Waals surface area (Å²) in [6.45, 7) is 6.67. The highest BCUT2D eigenvalue weighted by molar-refractivity contribution is 5.17. The van der Waals surface area contributed by atoms with E-state index in [-0.39, 0.29) is 5.92 Å². The second-order valence-electron chi connectivity index (χ2n) is 4.48. The Morgan fingerprint density at radius 2 is 2.54 bits per heavy atom. The SMILES string of the molecule is [2H]C1([2H])C(=C)C[C@]2(C([2H])([2H])C(C)C)CCCN12. The maximum Gasteiger partial charge on any atom is 0.0478 e. The smallest absolute Gasteiger partial charge is 0.0478 e. The van der Waals surface area contributed by atoms with Gasteiger partial charge in [0, 0.05) is 17.5 Å². The molecule has 0 aliphatic carbocycles. The van der Waals surface area contributed by atoms with Gasteiger partial charge in [-0.05, 0) is 38.1 Å². The minimum Gasteiger partial charge on any atom is -0.293 e. The molecule has 2 saturated heterocycles. The van der Waals surface area contributed by atoms with Gasteiger partial charge >= 0.3 is 0 Å². The molecule has 0 aromatic heterocycles. The molecular formula is C12H21N. The van der Waals surface area contributed by atoms with Crippen molar-refractivity contribution in [1.82, 2.24) is 4.90 Å². The molecule has 0 amide bonds. The van der Waals surface area contributed by atoms with Crippen LogP contribution in [0.1, 0.15) is 45.0 Å². The largest absolute Gasteiger partial charge is 0.293 e. The standard InChI is InChI=1S/C12H21N/c1-10(2)7-12-5-4-6-13(12)9-11(3)8-12/h10H,3-9H2,1-2H3/t12-/m1/s1/i7D2,9D2. The zero-order valence-corrected chi connectivity index (χ0v) is 8.56. The van der Waals surface area contributed by atoms with Crippen molar-refractivity contribution < 1.29 is 5.48 Å². The quantitative estimate of drug-likeness (QED) is 0.595. The fraction of sp³-hybridized carbons (Fsp3) is 0.833. The fourth-order valence-corrected chi connectivity index (χ4v) is 2.55. The Balaban J connectivity index is 2.47. The van der Waals surface area contributed by atoms with E-state index in [4.69, 9.17) is 5.48 Å². The van der Waals surface area contributed by atoms with E-state index in [1.54, 1.807) is 4.90 Å². The highest BCUT2D eigenvalue weighted by Crippen LogP contribution is 2.44. The molecule has 74 valence electrons. The molecule has 0 unspecified atom stereocenters. The molecule has 1 nitrogen and oxygen atoms in total. The average molecular weight is 183 g/mol. The van der Waals surface area contributed by atoms with Crippen molar-refractivity contribution in [1.29, 1.82) is 0 Å². The predicted molar refractivity (Wildman–Crippen MR) is 56.8 cm³/mol. The van der Waals surface area contributed by atoms with Crippen LogP contribution in [0.2, 0.25) is 0 Å². The van der Waals surface area contributed by atoms with Crippen molar-refractivity contribution in [3.63, 3.8) is 0 Å². The van der Waals surface area contributed by atoms with Crippen LogP contribution in [0.15, 0.2) is 12.2 Å². The summed E-state index contributed by atoms with van der Waals surface area (Å²) in [5.41, 5.74) is -0.149. The highest BCUT2D eigenvalue weighted by atomic mass is 15.2. The van der Waals surface area contributed by atoms with Crippen LogP contribution in [0, 0.1) is 5.92 Å². The molecule has 0 radical (unpaired) electrons. The molecule has 2 aliphatic rings. The summed E-state index contributed by atoms with van der Waals surface area (Å²) in [6.07, 6.45) is 0.678. The molecule has 0 N–H and O–H groups in total. The van der Waals surface area contributed by atoms with Crippen molar-refractivity contribution in [2.24, 2.45) is 5.92 Å². The van der Waals surface area contributed by atoms with Gasteiger partial charge in [0.1, 0.15) is 0 Å². The van der Waals surface area contributed by atoms with Crippen LogP contribution in [0.25, 0.3) is 0 Å². The van der Waals surface area contributed by atoms with E-state index in [1.165, 1.54) is 0 Å². The van der Waals surface area contributed by atoms with Crippen molar-refractivity contribution in [3.05, 3.63) is 12.2 Å². The molecule has 1 heteroatoms. The molecule has 0 aromatic rings. The number of hydrogen-bond donors (Lipinski definition) is 0. The number of nitrogens with zero attached hydrogens (tertiary/aromatic N) is 1. The normalized spacial score (nSPS) is 44.1. The molecule has 0 aromatic carbocycles. The van der Waals surface area contributed by atoms with E-state index in [0.29, 0.717) is 18.5 Å². The Labute approximate surface area is 87.4 Å². The van der Waals surface area contributed by atoms with Crippen LogP contribution in [0.4, 0.5) is 0 Å². The third-order valence-corrected chi connectivity index (χ3v) is 2.85. The van der Waals surface area contributed by atoms with Crippen LogP contribution < -0.4 is 0 Å². The third-order valence-electron chi connectivity index (χ3n) is 2.85. The first-order valence-electron chi connectivity index (χ1n) is 7.12. The van der Waals surface area contributed by atoms with E-state index in [9.17, 15) is 0 Å². The number of fused-ring (bicyclic) bond motifs is 1. The van der Waals surface area contributed by atoms with E-state index in [2.05, 4.69) is 6.58 Å². The fourth-order valence-electron chi connectivity index (χ4n) is 2.55. The summed E-state index contributed by atoms with van der Waals surface area (Å²) in [7, 11) is 0. The van der Waals surface area contributed by atoms with Crippen molar-refractivity contribution in [3.8, 4) is 0 Å². The molecule has 2 heterocycles. The maximum absolute atomic E-state index is 8.38. The van der Waals surface area contributed by atoms with Gasteiger partial charge in [0.15, 0.2) is 0 Å². The first kappa shape index (κ1) is 5.55. The molecular weight excluding hydrogens is 158 g/mol. The summed E-state index contributed by atoms with van der Waals surface area (Å²) >= 11 is 0. The minimum atomic E-state index is -1.54. The summed E-state index contributed by atoms with van der Waals surface area (Å²) < 4.78 is 32.9. The molecule has 0 spiro atoms. The Kier molecular flexibility index (Phi) is 1.33. The Hall–Kier alpha value is -0.300. The first-order valence-corrected chi connectivity index (χ1v) is 5.12. The average Bonchev–Trinajstić information content (AvgIpc) is 2.69. The summed E-state index contributed by atoms with van der Waals surface area (Å²) in [5.74, 6) is -0.121. The second kappa shape index (κ2) is 3.13. The lowest BCUT2D eigenvalue weighted by atomic mass is 9.84. The van der Waals surface area contributed by atoms with Crippen LogP contribution >= 0.6 is 0 Å². The van der Waals surface area contributed by atoms with Crippen LogP contribution in [-0.4, -0.2) is 23.5 Å². The first-order chi connectivity index (χ1) is 7.66. The number of hydrogen-bond acceptors (Lipinski definition) is 1. The molecule has 2 aliphatic heterocycles. The van der Waals surface area contributed by atoms with Gasteiger partial charge in [-0.25, -0.2) is 0 Å². The highest BCUT2D eigenvalue weighted by Gasteiger charge is 2.45. The lowest BCUT2D eigenvalue weighted by Gasteiger charge is -2.33. The van der Waals surface area contributed by atoms with Crippen LogP contribution in [0.3, 0.4) is 0 Å². The van der Waals surface area contributed by atoms with Crippen molar-refractivity contribution in [2.75, 3.05) is 13.0 Å². The zero-order chi connectivity index (χ0) is 13.1. The van der Waals surface area contributed by atoms with E-state index in [0.717, 1.165) is 12.8 Å². The van der Waals surface area contributed by atoms with Crippen LogP contribution in [0.5, 0.6) is 0 Å². The lowest BCUT2D eigenvalue weighted by molar-refractivity contribution is 0.163. The lowest BCUT2D eigenvalue weighted by Crippen LogP contribution is -2.39. The Morgan fingerprint density at radius 1 is 1.77 bits per heavy atom. The Bertz CT molecular complexity index is 350. The number of rotatable bonds is 2. The van der Waals surface area contributed by atoms with Gasteiger partial charge in [0.05, 0.1) is 0 Å². The van der Waals surface area contributed by atoms with E-state index in [1.807, 2.05) is 13.8 Å². The summed E-state index contributed by atoms with van der Waals surface area (Å²) in [5, 5.41) is 0. The summed E-state index contributed by atoms with van der Waals surface area (Å²) in [6, 6.07) is 0. The van der Waals surface area contributed by atoms with Crippen molar-refractivity contribution >= 4 is 0 Å². The topological polar surface area (TPSA) is 3.24 Å². The monoisotopic (exact) mass is 183 g/mol. The van der Waals surface area contributed by atoms with Crippen LogP contribution in [-0.2, 0) is 0 Å². The van der Waals surface area contributed by atoms with E-state index >= 15 is 0 Å². The van der Waals surface area contributed by atoms with Gasteiger partial charge < -0.3 is 0 Å². The molecule has 2 rings (SSSR count). The zero-order valence-electron chi connectivity index (χ0n) is 12.6. The van der Waals surface area contributed by atoms with Gasteiger partial charge in [-0.3, -0.25) is 4.90 Å². The van der Waals surface area contributed by atoms with Gasteiger partial charge in [-0.1, -0.05) is 26.0 Å². The second-order valence-corrected chi connectivity index (χ2v) is 4.48. The molecule has 0 saturated carbocycles. The molecule has 2 fully saturated rings. The van der Waals surface area contributed by atoms with Gasteiger partial charge in [0.25, 0.3) is 0 Å². The van der Waals surface area contributed by atoms with Gasteiger partial charge in [-0.15, -0.1) is 0 Å². The third kappa shape index (κ3) is 1.54. The van der Waals surface area contributed by atoms with E-state index < -0.39 is 18.4 Å². The maximum atomic E-state index is 8.38. The Morgan fingerprint density at radius 3 is 3.23 bits per heavy atom. The molecule has 0 bridgehead atoms. The van der Waals surface area contributed by atoms with Crippen molar-refractivity contribution in [2.45, 2.75) is 45.0 Å². The van der Waals surface area contributed by atoms with Gasteiger partial charge in [0.2, 0.25) is 0 Å². The summed E-state index contributed by atoms with van der Waals surface area (Å²) in [4.78, 5) is 1.72. The predicted octanol–water partition coefficient (Wildman–Crippen LogP) is 2.83. The minimum absolute atomic E-state index is 0.121. The molecule has 13 heavy (non-hydrogen) atoms. The molecule has 1 atom stereocenters. The van der Waals surface area contributed by atoms with Gasteiger partial charge in [-0.2, -0.15) is 0 Å².